The van der Waals surface area contributed by atoms with Gasteiger partial charge in [-0.1, -0.05) is 18.2 Å². The molecule has 3 N–H and O–H groups in total. The molecular weight excluding hydrogens is 378 g/mol. The molecule has 6 nitrogen and oxygen atoms in total. The van der Waals surface area contributed by atoms with E-state index in [1.54, 1.807) is 18.7 Å². The van der Waals surface area contributed by atoms with Crippen molar-refractivity contribution >= 4 is 22.9 Å². The summed E-state index contributed by atoms with van der Waals surface area (Å²) in [5.41, 5.74) is 7.70. The largest absolute Gasteiger partial charge is 0.497 e. The summed E-state index contributed by atoms with van der Waals surface area (Å²) in [7, 11) is 3.88. The lowest BCUT2D eigenvalue weighted by Crippen LogP contribution is -2.25. The van der Waals surface area contributed by atoms with Gasteiger partial charge in [-0.25, -0.2) is 5.48 Å². The lowest BCUT2D eigenvalue weighted by atomic mass is 10.0. The van der Waals surface area contributed by atoms with Gasteiger partial charge in [-0.05, 0) is 66.8 Å². The van der Waals surface area contributed by atoms with Crippen LogP contribution in [0.15, 0.2) is 48.7 Å². The first-order valence-corrected chi connectivity index (χ1v) is 10.2. The maximum atomic E-state index is 11.2. The molecule has 0 saturated heterocycles. The van der Waals surface area contributed by atoms with Crippen molar-refractivity contribution in [2.24, 2.45) is 0 Å². The summed E-state index contributed by atoms with van der Waals surface area (Å²) in [4.78, 5) is 17.0. The van der Waals surface area contributed by atoms with Gasteiger partial charge in [-0.3, -0.25) is 14.9 Å². The second-order valence-electron chi connectivity index (χ2n) is 7.78. The number of benzene rings is 2. The van der Waals surface area contributed by atoms with Gasteiger partial charge < -0.3 is 9.72 Å². The van der Waals surface area contributed by atoms with Gasteiger partial charge in [-0.15, -0.1) is 0 Å². The van der Waals surface area contributed by atoms with E-state index in [1.807, 2.05) is 18.2 Å². The van der Waals surface area contributed by atoms with Crippen LogP contribution in [0, 0.1) is 0 Å². The highest BCUT2D eigenvalue weighted by atomic mass is 16.5. The number of aromatic amines is 1. The van der Waals surface area contributed by atoms with Crippen molar-refractivity contribution in [3.63, 3.8) is 0 Å². The minimum Gasteiger partial charge on any atom is -0.497 e. The van der Waals surface area contributed by atoms with Crippen LogP contribution in [0.1, 0.15) is 34.7 Å². The number of amides is 1. The van der Waals surface area contributed by atoms with Gasteiger partial charge in [0.05, 0.1) is 7.11 Å². The monoisotopic (exact) mass is 405 g/mol. The molecule has 0 radical (unpaired) electrons. The third kappa shape index (κ3) is 4.10. The van der Waals surface area contributed by atoms with Gasteiger partial charge in [0, 0.05) is 41.8 Å². The Morgan fingerprint density at radius 2 is 2.20 bits per heavy atom. The second-order valence-corrected chi connectivity index (χ2v) is 7.78. The van der Waals surface area contributed by atoms with Crippen LogP contribution in [0.5, 0.6) is 5.75 Å². The number of hydroxylamine groups is 1. The van der Waals surface area contributed by atoms with Crippen LogP contribution in [-0.2, 0) is 17.6 Å². The zero-order chi connectivity index (χ0) is 21.1. The summed E-state index contributed by atoms with van der Waals surface area (Å²) in [6.07, 6.45) is 8.26. The normalized spacial score (nSPS) is 15.8. The van der Waals surface area contributed by atoms with E-state index in [1.165, 1.54) is 28.2 Å². The van der Waals surface area contributed by atoms with Crippen LogP contribution < -0.4 is 10.2 Å². The van der Waals surface area contributed by atoms with E-state index in [4.69, 9.17) is 9.94 Å². The molecule has 0 spiro atoms. The Morgan fingerprint density at radius 1 is 1.33 bits per heavy atom. The summed E-state index contributed by atoms with van der Waals surface area (Å²) in [5.74, 6) is 0.339. The van der Waals surface area contributed by atoms with Crippen molar-refractivity contribution in [3.05, 3.63) is 70.9 Å². The number of fused-ring (bicyclic) bond motifs is 2. The number of methoxy groups -OCH3 is 1. The molecule has 3 aromatic rings. The topological polar surface area (TPSA) is 77.6 Å². The highest BCUT2D eigenvalue weighted by Gasteiger charge is 2.25. The van der Waals surface area contributed by atoms with E-state index < -0.39 is 5.91 Å². The third-order valence-electron chi connectivity index (χ3n) is 5.99. The minimum absolute atomic E-state index is 0.407. The van der Waals surface area contributed by atoms with Gasteiger partial charge in [0.15, 0.2) is 0 Å². The van der Waals surface area contributed by atoms with Crippen LogP contribution in [0.4, 0.5) is 0 Å². The molecule has 1 aliphatic rings. The van der Waals surface area contributed by atoms with Crippen molar-refractivity contribution < 1.29 is 14.7 Å². The zero-order valence-corrected chi connectivity index (χ0v) is 17.3. The van der Waals surface area contributed by atoms with E-state index in [2.05, 4.69) is 41.3 Å². The van der Waals surface area contributed by atoms with E-state index in [9.17, 15) is 4.79 Å². The molecule has 6 heteroatoms. The molecule has 1 aromatic heterocycles. The molecule has 0 saturated carbocycles. The predicted molar refractivity (Wildman–Crippen MR) is 118 cm³/mol. The van der Waals surface area contributed by atoms with E-state index in [0.717, 1.165) is 42.6 Å². The number of aryl methyl sites for hydroxylation is 1. The Balaban J connectivity index is 1.43. The number of hydrogen-bond donors (Lipinski definition) is 3. The van der Waals surface area contributed by atoms with Crippen molar-refractivity contribution in [3.8, 4) is 5.75 Å². The number of nitrogens with one attached hydrogen (secondary N) is 2. The SMILES string of the molecule is COc1ccc2c(CCN(C)C3CCc4cc(/C=C/C(=O)NO)ccc43)c[nH]c2c1. The molecule has 1 unspecified atom stereocenters. The summed E-state index contributed by atoms with van der Waals surface area (Å²) < 4.78 is 5.31. The summed E-state index contributed by atoms with van der Waals surface area (Å²) in [6.45, 7) is 0.974. The van der Waals surface area contributed by atoms with Crippen LogP contribution >= 0.6 is 0 Å². The van der Waals surface area contributed by atoms with Crippen molar-refractivity contribution in [1.82, 2.24) is 15.4 Å². The van der Waals surface area contributed by atoms with Crippen molar-refractivity contribution in [2.45, 2.75) is 25.3 Å². The molecule has 30 heavy (non-hydrogen) atoms. The predicted octanol–water partition coefficient (Wildman–Crippen LogP) is 3.86. The smallest absolute Gasteiger partial charge is 0.267 e. The minimum atomic E-state index is -0.524. The molecule has 0 aliphatic heterocycles. The first kappa shape index (κ1) is 20.2. The molecule has 1 heterocycles. The fraction of sp³-hybridized carbons (Fsp3) is 0.292. The number of H-pyrrole nitrogens is 1. The quantitative estimate of drug-likeness (QED) is 0.317. The molecule has 1 amide bonds. The Morgan fingerprint density at radius 3 is 3.00 bits per heavy atom. The average Bonchev–Trinajstić information content (AvgIpc) is 3.38. The van der Waals surface area contributed by atoms with Gasteiger partial charge in [0.25, 0.3) is 5.91 Å². The van der Waals surface area contributed by atoms with Crippen molar-refractivity contribution in [1.29, 1.82) is 0 Å². The maximum absolute atomic E-state index is 11.2. The Hall–Kier alpha value is -3.09. The van der Waals surface area contributed by atoms with Crippen LogP contribution in [0.2, 0.25) is 0 Å². The molecular formula is C24H27N3O3. The average molecular weight is 405 g/mol. The Kier molecular flexibility index (Phi) is 5.88. The molecule has 4 rings (SSSR count). The standard InChI is InChI=1S/C24H27N3O3/c1-27(12-11-18-15-25-22-14-19(30-2)6-8-20(18)22)23-9-5-17-13-16(3-7-21(17)23)4-10-24(28)26-29/h3-4,6-8,10,13-15,23,25,29H,5,9,11-12H2,1-2H3,(H,26,28)/b10-4+. The lowest BCUT2D eigenvalue weighted by Gasteiger charge is -2.25. The summed E-state index contributed by atoms with van der Waals surface area (Å²) >= 11 is 0. The van der Waals surface area contributed by atoms with Gasteiger partial charge in [-0.2, -0.15) is 0 Å². The molecule has 2 aromatic carbocycles. The lowest BCUT2D eigenvalue weighted by molar-refractivity contribution is -0.124. The first-order valence-electron chi connectivity index (χ1n) is 10.2. The van der Waals surface area contributed by atoms with Crippen LogP contribution in [-0.4, -0.2) is 41.7 Å². The van der Waals surface area contributed by atoms with Gasteiger partial charge in [0.1, 0.15) is 5.75 Å². The molecule has 156 valence electrons. The van der Waals surface area contributed by atoms with Crippen LogP contribution in [0.3, 0.4) is 0 Å². The second kappa shape index (κ2) is 8.73. The Bertz CT molecular complexity index is 1090. The van der Waals surface area contributed by atoms with E-state index in [0.29, 0.717) is 6.04 Å². The number of nitrogens with zero attached hydrogens (tertiary/aromatic N) is 1. The highest BCUT2D eigenvalue weighted by molar-refractivity contribution is 5.90. The molecule has 1 atom stereocenters. The number of likely N-dealkylation sites (N-methyl/N-ethyl adjacent to an activating group) is 1. The first-order chi connectivity index (χ1) is 14.6. The van der Waals surface area contributed by atoms with Crippen LogP contribution in [0.25, 0.3) is 17.0 Å². The number of carbonyl (C=O) groups is 1. The van der Waals surface area contributed by atoms with Crippen molar-refractivity contribution in [2.75, 3.05) is 20.7 Å². The fourth-order valence-corrected chi connectivity index (χ4v) is 4.34. The number of ether oxygens (including phenoxy) is 1. The summed E-state index contributed by atoms with van der Waals surface area (Å²) in [6, 6.07) is 12.9. The summed E-state index contributed by atoms with van der Waals surface area (Å²) in [5, 5.41) is 9.85. The number of carbonyl (C=O) groups excluding carboxylic acids is 1. The van der Waals surface area contributed by atoms with E-state index >= 15 is 0 Å². The van der Waals surface area contributed by atoms with E-state index in [-0.39, 0.29) is 0 Å². The van der Waals surface area contributed by atoms with Gasteiger partial charge in [0.2, 0.25) is 0 Å². The maximum Gasteiger partial charge on any atom is 0.267 e. The molecule has 0 fully saturated rings. The van der Waals surface area contributed by atoms with Gasteiger partial charge >= 0.3 is 0 Å². The highest BCUT2D eigenvalue weighted by Crippen LogP contribution is 2.36. The zero-order valence-electron chi connectivity index (χ0n) is 17.3. The molecule has 0 bridgehead atoms. The number of aromatic nitrogens is 1. The number of rotatable bonds is 7. The molecule has 1 aliphatic carbocycles. The Labute approximate surface area is 176 Å². The number of hydrogen-bond acceptors (Lipinski definition) is 4. The fourth-order valence-electron chi connectivity index (χ4n) is 4.34. The third-order valence-corrected chi connectivity index (χ3v) is 5.99.